The minimum atomic E-state index is 0.259. The normalized spacial score (nSPS) is 10.9. The van der Waals surface area contributed by atoms with Crippen molar-refractivity contribution in [1.29, 1.82) is 0 Å². The first-order chi connectivity index (χ1) is 7.56. The van der Waals surface area contributed by atoms with E-state index in [1.54, 1.807) is 0 Å². The summed E-state index contributed by atoms with van der Waals surface area (Å²) in [4.78, 5) is 8.23. The topological polar surface area (TPSA) is 73.1 Å². The number of nitrogens with two attached hydrogens (primary N) is 1. The standard InChI is InChI=1S/C11H20N4O/c1-7(2)5-16-11-9(8(3)4)10(15-12)13-6-14-11/h6-8H,5,12H2,1-4H3,(H,13,14,15). The van der Waals surface area contributed by atoms with Gasteiger partial charge in [-0.1, -0.05) is 27.7 Å². The molecule has 1 rings (SSSR count). The van der Waals surface area contributed by atoms with E-state index < -0.39 is 0 Å². The summed E-state index contributed by atoms with van der Waals surface area (Å²) in [5, 5.41) is 0. The molecule has 1 aromatic rings. The number of hydrogen-bond acceptors (Lipinski definition) is 5. The van der Waals surface area contributed by atoms with Crippen LogP contribution in [0.15, 0.2) is 6.33 Å². The Bertz CT molecular complexity index is 339. The Balaban J connectivity index is 2.97. The maximum absolute atomic E-state index is 5.66. The van der Waals surface area contributed by atoms with Crippen LogP contribution in [0, 0.1) is 5.92 Å². The van der Waals surface area contributed by atoms with Crippen LogP contribution < -0.4 is 16.0 Å². The largest absolute Gasteiger partial charge is 0.477 e. The molecule has 0 amide bonds. The number of aromatic nitrogens is 2. The number of hydrazine groups is 1. The molecule has 3 N–H and O–H groups in total. The molecule has 0 aliphatic carbocycles. The highest BCUT2D eigenvalue weighted by atomic mass is 16.5. The lowest BCUT2D eigenvalue weighted by Crippen LogP contribution is -2.15. The van der Waals surface area contributed by atoms with Crippen molar-refractivity contribution in [2.75, 3.05) is 12.0 Å². The van der Waals surface area contributed by atoms with Crippen molar-refractivity contribution in [2.45, 2.75) is 33.6 Å². The van der Waals surface area contributed by atoms with E-state index in [4.69, 9.17) is 10.6 Å². The van der Waals surface area contributed by atoms with Gasteiger partial charge in [-0.05, 0) is 11.8 Å². The quantitative estimate of drug-likeness (QED) is 0.590. The molecule has 0 unspecified atom stereocenters. The number of rotatable bonds is 5. The lowest BCUT2D eigenvalue weighted by atomic mass is 10.1. The van der Waals surface area contributed by atoms with Crippen molar-refractivity contribution in [3.63, 3.8) is 0 Å². The van der Waals surface area contributed by atoms with Gasteiger partial charge < -0.3 is 10.2 Å². The van der Waals surface area contributed by atoms with Crippen LogP contribution in [0.3, 0.4) is 0 Å². The van der Waals surface area contributed by atoms with Crippen molar-refractivity contribution in [1.82, 2.24) is 9.97 Å². The minimum absolute atomic E-state index is 0.259. The van der Waals surface area contributed by atoms with Gasteiger partial charge in [0.2, 0.25) is 5.88 Å². The lowest BCUT2D eigenvalue weighted by molar-refractivity contribution is 0.257. The summed E-state index contributed by atoms with van der Waals surface area (Å²) >= 11 is 0. The molecule has 90 valence electrons. The van der Waals surface area contributed by atoms with Gasteiger partial charge in [-0.15, -0.1) is 0 Å². The van der Waals surface area contributed by atoms with Gasteiger partial charge in [0, 0.05) is 0 Å². The molecule has 0 spiro atoms. The van der Waals surface area contributed by atoms with Crippen LogP contribution >= 0.6 is 0 Å². The van der Waals surface area contributed by atoms with Gasteiger partial charge in [0.1, 0.15) is 6.33 Å². The first-order valence-corrected chi connectivity index (χ1v) is 5.50. The number of anilines is 1. The zero-order valence-electron chi connectivity index (χ0n) is 10.3. The van der Waals surface area contributed by atoms with Crippen LogP contribution in [0.25, 0.3) is 0 Å². The molecular weight excluding hydrogens is 204 g/mol. The van der Waals surface area contributed by atoms with Gasteiger partial charge in [-0.25, -0.2) is 15.8 Å². The summed E-state index contributed by atoms with van der Waals surface area (Å²) in [6.07, 6.45) is 1.46. The molecule has 5 nitrogen and oxygen atoms in total. The zero-order valence-corrected chi connectivity index (χ0v) is 10.3. The average molecular weight is 224 g/mol. The number of nitrogens with one attached hydrogen (secondary N) is 1. The zero-order chi connectivity index (χ0) is 12.1. The smallest absolute Gasteiger partial charge is 0.222 e. The number of ether oxygens (including phenoxy) is 1. The van der Waals surface area contributed by atoms with Gasteiger partial charge in [0.15, 0.2) is 5.82 Å². The second-order valence-corrected chi connectivity index (χ2v) is 4.44. The summed E-state index contributed by atoms with van der Waals surface area (Å²) in [7, 11) is 0. The molecule has 0 saturated heterocycles. The third kappa shape index (κ3) is 3.06. The maximum atomic E-state index is 5.66. The lowest BCUT2D eigenvalue weighted by Gasteiger charge is -2.16. The van der Waals surface area contributed by atoms with E-state index in [9.17, 15) is 0 Å². The molecule has 0 aromatic carbocycles. The minimum Gasteiger partial charge on any atom is -0.477 e. The van der Waals surface area contributed by atoms with Crippen LogP contribution in [0.1, 0.15) is 39.2 Å². The Morgan fingerprint density at radius 2 is 2.00 bits per heavy atom. The van der Waals surface area contributed by atoms with Gasteiger partial charge >= 0.3 is 0 Å². The van der Waals surface area contributed by atoms with E-state index in [0.717, 1.165) is 5.56 Å². The first-order valence-electron chi connectivity index (χ1n) is 5.50. The van der Waals surface area contributed by atoms with E-state index in [2.05, 4.69) is 43.1 Å². The molecule has 0 saturated carbocycles. The second-order valence-electron chi connectivity index (χ2n) is 4.44. The second kappa shape index (κ2) is 5.65. The Labute approximate surface area is 96.4 Å². The predicted molar refractivity (Wildman–Crippen MR) is 64.3 cm³/mol. The maximum Gasteiger partial charge on any atom is 0.222 e. The molecule has 0 atom stereocenters. The van der Waals surface area contributed by atoms with Crippen molar-refractivity contribution in [3.05, 3.63) is 11.9 Å². The van der Waals surface area contributed by atoms with Gasteiger partial charge in [0.25, 0.3) is 0 Å². The van der Waals surface area contributed by atoms with Crippen LogP contribution in [0.4, 0.5) is 5.82 Å². The molecule has 0 radical (unpaired) electrons. The van der Waals surface area contributed by atoms with Crippen molar-refractivity contribution < 1.29 is 4.74 Å². The molecule has 0 aliphatic heterocycles. The predicted octanol–water partition coefficient (Wildman–Crippen LogP) is 1.92. The third-order valence-corrected chi connectivity index (χ3v) is 2.11. The Morgan fingerprint density at radius 1 is 1.31 bits per heavy atom. The highest BCUT2D eigenvalue weighted by Crippen LogP contribution is 2.29. The van der Waals surface area contributed by atoms with Gasteiger partial charge in [0.05, 0.1) is 12.2 Å². The molecule has 5 heteroatoms. The fourth-order valence-corrected chi connectivity index (χ4v) is 1.38. The average Bonchev–Trinajstić information content (AvgIpc) is 2.25. The summed E-state index contributed by atoms with van der Waals surface area (Å²) in [6.45, 7) is 8.95. The number of nitrogens with zero attached hydrogens (tertiary/aromatic N) is 2. The molecule has 0 aliphatic rings. The number of nitrogen functional groups attached to an aromatic ring is 1. The highest BCUT2D eigenvalue weighted by Gasteiger charge is 2.15. The molecule has 1 aromatic heterocycles. The highest BCUT2D eigenvalue weighted by molar-refractivity contribution is 5.49. The monoisotopic (exact) mass is 224 g/mol. The van der Waals surface area contributed by atoms with Crippen LogP contribution in [0.5, 0.6) is 5.88 Å². The van der Waals surface area contributed by atoms with Gasteiger partial charge in [-0.3, -0.25) is 0 Å². The van der Waals surface area contributed by atoms with E-state index in [-0.39, 0.29) is 5.92 Å². The van der Waals surface area contributed by atoms with E-state index in [0.29, 0.717) is 24.2 Å². The summed E-state index contributed by atoms with van der Waals surface area (Å²) < 4.78 is 5.66. The number of hydrogen-bond donors (Lipinski definition) is 2. The molecule has 0 fully saturated rings. The third-order valence-electron chi connectivity index (χ3n) is 2.11. The Hall–Kier alpha value is -1.36. The summed E-state index contributed by atoms with van der Waals surface area (Å²) in [5.74, 6) is 7.38. The van der Waals surface area contributed by atoms with Crippen molar-refractivity contribution in [3.8, 4) is 5.88 Å². The SMILES string of the molecule is CC(C)COc1ncnc(NN)c1C(C)C. The molecule has 0 bridgehead atoms. The van der Waals surface area contributed by atoms with Crippen molar-refractivity contribution >= 4 is 5.82 Å². The fourth-order valence-electron chi connectivity index (χ4n) is 1.38. The Morgan fingerprint density at radius 3 is 2.50 bits per heavy atom. The van der Waals surface area contributed by atoms with E-state index >= 15 is 0 Å². The molecule has 1 heterocycles. The van der Waals surface area contributed by atoms with E-state index in [1.807, 2.05) is 0 Å². The van der Waals surface area contributed by atoms with Crippen LogP contribution in [0.2, 0.25) is 0 Å². The first kappa shape index (κ1) is 12.7. The summed E-state index contributed by atoms with van der Waals surface area (Å²) in [6, 6.07) is 0. The van der Waals surface area contributed by atoms with Gasteiger partial charge in [-0.2, -0.15) is 0 Å². The Kier molecular flexibility index (Phi) is 4.49. The fraction of sp³-hybridized carbons (Fsp3) is 0.636. The van der Waals surface area contributed by atoms with Crippen LogP contribution in [-0.4, -0.2) is 16.6 Å². The molecule has 16 heavy (non-hydrogen) atoms. The van der Waals surface area contributed by atoms with E-state index in [1.165, 1.54) is 6.33 Å². The van der Waals surface area contributed by atoms with Crippen LogP contribution in [-0.2, 0) is 0 Å². The molecular formula is C11H20N4O. The van der Waals surface area contributed by atoms with Crippen molar-refractivity contribution in [2.24, 2.45) is 11.8 Å². The summed E-state index contributed by atoms with van der Waals surface area (Å²) in [5.41, 5.74) is 3.50.